The van der Waals surface area contributed by atoms with Crippen molar-refractivity contribution in [2.75, 3.05) is 13.1 Å². The second kappa shape index (κ2) is 8.50. The van der Waals surface area contributed by atoms with Gasteiger partial charge in [-0.15, -0.1) is 0 Å². The number of carbonyl (C=O) groups excluding carboxylic acids is 2. The van der Waals surface area contributed by atoms with Crippen LogP contribution in [0.5, 0.6) is 0 Å². The number of carboxylic acid groups (broad SMARTS) is 1. The molecule has 0 aromatic carbocycles. The van der Waals surface area contributed by atoms with Crippen molar-refractivity contribution >= 4 is 17.8 Å². The Labute approximate surface area is 114 Å². The minimum absolute atomic E-state index is 0.162. The van der Waals surface area contributed by atoms with Gasteiger partial charge in [0.25, 0.3) is 0 Å². The number of nitrogens with zero attached hydrogens (tertiary/aromatic N) is 1. The summed E-state index contributed by atoms with van der Waals surface area (Å²) in [6, 6.07) is -0.887. The van der Waals surface area contributed by atoms with Crippen molar-refractivity contribution in [3.8, 4) is 0 Å². The van der Waals surface area contributed by atoms with Crippen LogP contribution in [-0.4, -0.2) is 46.9 Å². The van der Waals surface area contributed by atoms with Gasteiger partial charge in [-0.2, -0.15) is 0 Å². The molecule has 0 heterocycles. The summed E-state index contributed by atoms with van der Waals surface area (Å²) in [6.45, 7) is 7.15. The van der Waals surface area contributed by atoms with Gasteiger partial charge < -0.3 is 15.3 Å². The van der Waals surface area contributed by atoms with E-state index in [1.807, 2.05) is 13.8 Å². The molecule has 0 aromatic heterocycles. The lowest BCUT2D eigenvalue weighted by Crippen LogP contribution is -2.48. The maximum atomic E-state index is 12.3. The average Bonchev–Trinajstić information content (AvgIpc) is 2.34. The van der Waals surface area contributed by atoms with Gasteiger partial charge in [-0.3, -0.25) is 9.59 Å². The second-order valence-corrected chi connectivity index (χ2v) is 4.54. The smallest absolute Gasteiger partial charge is 0.326 e. The van der Waals surface area contributed by atoms with Gasteiger partial charge in [-0.25, -0.2) is 4.79 Å². The molecule has 6 heteroatoms. The molecule has 110 valence electrons. The van der Waals surface area contributed by atoms with Crippen molar-refractivity contribution in [3.05, 3.63) is 0 Å². The monoisotopic (exact) mass is 272 g/mol. The molecule has 0 fully saturated rings. The number of nitrogens with one attached hydrogen (secondary N) is 1. The van der Waals surface area contributed by atoms with Crippen LogP contribution in [0.3, 0.4) is 0 Å². The fourth-order valence-electron chi connectivity index (χ4n) is 1.85. The number of hydrogen-bond acceptors (Lipinski definition) is 3. The Morgan fingerprint density at radius 1 is 1.21 bits per heavy atom. The van der Waals surface area contributed by atoms with Gasteiger partial charge in [-0.05, 0) is 19.8 Å². The van der Waals surface area contributed by atoms with Crippen LogP contribution in [0.4, 0.5) is 0 Å². The first-order chi connectivity index (χ1) is 8.84. The first kappa shape index (κ1) is 17.4. The quantitative estimate of drug-likeness (QED) is 0.686. The van der Waals surface area contributed by atoms with Gasteiger partial charge in [0.05, 0.1) is 0 Å². The van der Waals surface area contributed by atoms with E-state index in [2.05, 4.69) is 5.32 Å². The number of carboxylic acids is 1. The molecular weight excluding hydrogens is 248 g/mol. The van der Waals surface area contributed by atoms with Gasteiger partial charge in [0, 0.05) is 25.9 Å². The summed E-state index contributed by atoms with van der Waals surface area (Å²) in [6.07, 6.45) is 1.36. The number of rotatable bonds is 8. The summed E-state index contributed by atoms with van der Waals surface area (Å²) in [4.78, 5) is 35.5. The predicted octanol–water partition coefficient (Wildman–Crippen LogP) is 0.860. The zero-order valence-corrected chi connectivity index (χ0v) is 12.1. The Morgan fingerprint density at radius 3 is 2.11 bits per heavy atom. The van der Waals surface area contributed by atoms with Gasteiger partial charge in [0.2, 0.25) is 11.8 Å². The topological polar surface area (TPSA) is 86.7 Å². The number of carbonyl (C=O) groups is 3. The summed E-state index contributed by atoms with van der Waals surface area (Å²) < 4.78 is 0. The second-order valence-electron chi connectivity index (χ2n) is 4.54. The van der Waals surface area contributed by atoms with E-state index in [9.17, 15) is 14.4 Å². The number of aliphatic carboxylic acids is 1. The molecule has 1 atom stereocenters. The highest BCUT2D eigenvalue weighted by atomic mass is 16.4. The first-order valence-corrected chi connectivity index (χ1v) is 6.62. The van der Waals surface area contributed by atoms with Crippen molar-refractivity contribution in [1.29, 1.82) is 0 Å². The zero-order chi connectivity index (χ0) is 15.0. The van der Waals surface area contributed by atoms with Crippen molar-refractivity contribution in [2.24, 2.45) is 5.92 Å². The van der Waals surface area contributed by atoms with Crippen LogP contribution < -0.4 is 5.32 Å². The van der Waals surface area contributed by atoms with Crippen LogP contribution in [0.1, 0.15) is 40.5 Å². The van der Waals surface area contributed by atoms with E-state index in [4.69, 9.17) is 5.11 Å². The lowest BCUT2D eigenvalue weighted by Gasteiger charge is -2.29. The Kier molecular flexibility index (Phi) is 7.79. The molecule has 0 saturated heterocycles. The molecule has 0 spiro atoms. The molecular formula is C13H24N2O4. The molecule has 0 saturated carbocycles. The molecule has 19 heavy (non-hydrogen) atoms. The molecule has 0 aromatic rings. The van der Waals surface area contributed by atoms with E-state index in [1.54, 1.807) is 0 Å². The van der Waals surface area contributed by atoms with Crippen LogP contribution >= 0.6 is 0 Å². The lowest BCUT2D eigenvalue weighted by atomic mass is 10.0. The molecule has 0 aliphatic carbocycles. The van der Waals surface area contributed by atoms with E-state index in [0.29, 0.717) is 12.8 Å². The Balaban J connectivity index is 4.79. The standard InChI is InChI=1S/C13H24N2O4/c1-5-11(6-2)12(17)15(9(3)13(18)19)8-7-14-10(4)16/h9,11H,5-8H2,1-4H3,(H,14,16)(H,18,19). The molecule has 0 rings (SSSR count). The SMILES string of the molecule is CCC(CC)C(=O)N(CCNC(C)=O)C(C)C(=O)O. The first-order valence-electron chi connectivity index (χ1n) is 6.62. The summed E-state index contributed by atoms with van der Waals surface area (Å²) in [5.74, 6) is -1.57. The highest BCUT2D eigenvalue weighted by molar-refractivity contribution is 5.85. The van der Waals surface area contributed by atoms with E-state index in [1.165, 1.54) is 18.7 Å². The molecule has 1 unspecified atom stereocenters. The Bertz CT molecular complexity index is 327. The van der Waals surface area contributed by atoms with E-state index < -0.39 is 12.0 Å². The normalized spacial score (nSPS) is 12.1. The van der Waals surface area contributed by atoms with E-state index in [-0.39, 0.29) is 30.8 Å². The summed E-state index contributed by atoms with van der Waals surface area (Å²) in [5.41, 5.74) is 0. The molecule has 2 amide bonds. The lowest BCUT2D eigenvalue weighted by molar-refractivity contribution is -0.151. The van der Waals surface area contributed by atoms with E-state index >= 15 is 0 Å². The van der Waals surface area contributed by atoms with Crippen LogP contribution in [0.15, 0.2) is 0 Å². The highest BCUT2D eigenvalue weighted by Gasteiger charge is 2.28. The number of amides is 2. The van der Waals surface area contributed by atoms with Crippen LogP contribution in [-0.2, 0) is 14.4 Å². The molecule has 2 N–H and O–H groups in total. The van der Waals surface area contributed by atoms with Gasteiger partial charge in [-0.1, -0.05) is 13.8 Å². The van der Waals surface area contributed by atoms with Gasteiger partial charge in [0.15, 0.2) is 0 Å². The third kappa shape index (κ3) is 5.72. The third-order valence-electron chi connectivity index (χ3n) is 3.17. The summed E-state index contributed by atoms with van der Waals surface area (Å²) >= 11 is 0. The fraction of sp³-hybridized carbons (Fsp3) is 0.769. The van der Waals surface area contributed by atoms with Crippen molar-refractivity contribution in [3.63, 3.8) is 0 Å². The maximum Gasteiger partial charge on any atom is 0.326 e. The van der Waals surface area contributed by atoms with Crippen LogP contribution in [0.25, 0.3) is 0 Å². The largest absolute Gasteiger partial charge is 0.480 e. The van der Waals surface area contributed by atoms with Crippen LogP contribution in [0.2, 0.25) is 0 Å². The van der Waals surface area contributed by atoms with Crippen molar-refractivity contribution in [1.82, 2.24) is 10.2 Å². The number of hydrogen-bond donors (Lipinski definition) is 2. The average molecular weight is 272 g/mol. The molecule has 0 aliphatic heterocycles. The molecule has 0 bridgehead atoms. The Hall–Kier alpha value is -1.59. The molecule has 6 nitrogen and oxygen atoms in total. The third-order valence-corrected chi connectivity index (χ3v) is 3.17. The minimum Gasteiger partial charge on any atom is -0.480 e. The zero-order valence-electron chi connectivity index (χ0n) is 12.1. The van der Waals surface area contributed by atoms with Gasteiger partial charge in [0.1, 0.15) is 6.04 Å². The predicted molar refractivity (Wildman–Crippen MR) is 71.6 cm³/mol. The fourth-order valence-corrected chi connectivity index (χ4v) is 1.85. The Morgan fingerprint density at radius 2 is 1.74 bits per heavy atom. The van der Waals surface area contributed by atoms with Crippen molar-refractivity contribution < 1.29 is 19.5 Å². The minimum atomic E-state index is -1.04. The van der Waals surface area contributed by atoms with Gasteiger partial charge >= 0.3 is 5.97 Å². The summed E-state index contributed by atoms with van der Waals surface area (Å²) in [5, 5.41) is 11.6. The summed E-state index contributed by atoms with van der Waals surface area (Å²) in [7, 11) is 0. The maximum absolute atomic E-state index is 12.3. The van der Waals surface area contributed by atoms with Crippen LogP contribution in [0, 0.1) is 5.92 Å². The molecule has 0 radical (unpaired) electrons. The van der Waals surface area contributed by atoms with Crippen molar-refractivity contribution in [2.45, 2.75) is 46.6 Å². The van der Waals surface area contributed by atoms with E-state index in [0.717, 1.165) is 0 Å². The highest BCUT2D eigenvalue weighted by Crippen LogP contribution is 2.14. The molecule has 0 aliphatic rings.